The summed E-state index contributed by atoms with van der Waals surface area (Å²) in [4.78, 5) is 37.5. The summed E-state index contributed by atoms with van der Waals surface area (Å²) < 4.78 is 52.8. The van der Waals surface area contributed by atoms with E-state index in [0.717, 1.165) is 35.3 Å². The highest BCUT2D eigenvalue weighted by Crippen LogP contribution is 2.32. The lowest BCUT2D eigenvalue weighted by molar-refractivity contribution is -0.387. The molecule has 44 heavy (non-hydrogen) atoms. The number of alkyl carbamates (subject to hydrolysis) is 1. The average Bonchev–Trinajstić information content (AvgIpc) is 3.34. The van der Waals surface area contributed by atoms with Crippen molar-refractivity contribution < 1.29 is 37.2 Å². The van der Waals surface area contributed by atoms with Crippen molar-refractivity contribution in [1.82, 2.24) is 15.5 Å². The average molecular weight is 638 g/mol. The fourth-order valence-electron chi connectivity index (χ4n) is 3.85. The monoisotopic (exact) mass is 637 g/mol. The second-order valence-electron chi connectivity index (χ2n) is 12.0. The highest BCUT2D eigenvalue weighted by Gasteiger charge is 2.31. The van der Waals surface area contributed by atoms with Crippen LogP contribution in [0.4, 0.5) is 33.6 Å². The van der Waals surface area contributed by atoms with Crippen LogP contribution < -0.4 is 10.2 Å². The smallest absolute Gasteiger partial charge is 0.416 e. The molecule has 3 rings (SSSR count). The predicted octanol–water partition coefficient (Wildman–Crippen LogP) is 7.24. The minimum atomic E-state index is -3.04. The maximum atomic E-state index is 14.3. The summed E-state index contributed by atoms with van der Waals surface area (Å²) >= 11 is 0.892. The van der Waals surface area contributed by atoms with Crippen molar-refractivity contribution >= 4 is 34.3 Å². The van der Waals surface area contributed by atoms with E-state index in [1.165, 1.54) is 30.3 Å². The summed E-state index contributed by atoms with van der Waals surface area (Å²) in [6, 6.07) is 7.99. The molecule has 0 bridgehead atoms. The Morgan fingerprint density at radius 1 is 1.00 bits per heavy atom. The number of amides is 2. The second-order valence-corrected chi connectivity index (χ2v) is 13.0. The van der Waals surface area contributed by atoms with Crippen LogP contribution in [0.2, 0.25) is 0 Å². The zero-order valence-corrected chi connectivity index (χ0v) is 26.1. The SMILES string of the molecule is CC(C)(C)OC(=O)N[C@@H](Cc1ccc(C(C)(F)F)cc1)CN(C(=O)OC(C)(C)C)c1nnc(-c2ccc([N+](=O)[O-])c(F)c2)s1. The van der Waals surface area contributed by atoms with Gasteiger partial charge in [0.25, 0.3) is 5.92 Å². The van der Waals surface area contributed by atoms with Gasteiger partial charge in [0, 0.05) is 24.1 Å². The molecule has 1 atom stereocenters. The van der Waals surface area contributed by atoms with E-state index in [-0.39, 0.29) is 34.2 Å². The quantitative estimate of drug-likeness (QED) is 0.192. The number of aromatic nitrogens is 2. The van der Waals surface area contributed by atoms with Crippen LogP contribution in [-0.4, -0.2) is 51.1 Å². The van der Waals surface area contributed by atoms with Crippen LogP contribution in [0.25, 0.3) is 10.6 Å². The van der Waals surface area contributed by atoms with E-state index < -0.39 is 51.8 Å². The molecular weight excluding hydrogens is 603 g/mol. The summed E-state index contributed by atoms with van der Waals surface area (Å²) in [6.07, 6.45) is -1.50. The molecule has 15 heteroatoms. The van der Waals surface area contributed by atoms with Crippen molar-refractivity contribution in [3.05, 3.63) is 69.5 Å². The first-order chi connectivity index (χ1) is 20.2. The lowest BCUT2D eigenvalue weighted by Crippen LogP contribution is -2.49. The Hall–Kier alpha value is -4.27. The minimum absolute atomic E-state index is 0.0324. The van der Waals surface area contributed by atoms with Gasteiger partial charge in [-0.25, -0.2) is 23.3 Å². The number of nitrogens with one attached hydrogen (secondary N) is 1. The minimum Gasteiger partial charge on any atom is -0.444 e. The number of nitro benzene ring substituents is 1. The Labute approximate surface area is 256 Å². The van der Waals surface area contributed by atoms with Crippen LogP contribution in [-0.2, 0) is 21.8 Å². The molecule has 2 amide bonds. The molecule has 1 heterocycles. The fraction of sp³-hybridized carbons (Fsp3) is 0.448. The number of nitro groups is 1. The van der Waals surface area contributed by atoms with E-state index in [0.29, 0.717) is 5.56 Å². The fourth-order valence-corrected chi connectivity index (χ4v) is 4.69. The van der Waals surface area contributed by atoms with Gasteiger partial charge in [0.1, 0.15) is 16.2 Å². The van der Waals surface area contributed by atoms with Crippen molar-refractivity contribution in [3.8, 4) is 10.6 Å². The Morgan fingerprint density at radius 2 is 1.61 bits per heavy atom. The number of rotatable bonds is 9. The molecule has 1 aromatic heterocycles. The molecule has 0 spiro atoms. The molecule has 0 radical (unpaired) electrons. The lowest BCUT2D eigenvalue weighted by atomic mass is 10.0. The van der Waals surface area contributed by atoms with E-state index in [1.54, 1.807) is 41.5 Å². The third-order valence-electron chi connectivity index (χ3n) is 5.72. The largest absolute Gasteiger partial charge is 0.444 e. The number of ether oxygens (including phenoxy) is 2. The number of alkyl halides is 2. The molecule has 0 unspecified atom stereocenters. The summed E-state index contributed by atoms with van der Waals surface area (Å²) in [6.45, 7) is 10.6. The van der Waals surface area contributed by atoms with E-state index in [1.807, 2.05) is 0 Å². The predicted molar refractivity (Wildman–Crippen MR) is 158 cm³/mol. The lowest BCUT2D eigenvalue weighted by Gasteiger charge is -2.29. The van der Waals surface area contributed by atoms with Gasteiger partial charge in [-0.2, -0.15) is 4.39 Å². The van der Waals surface area contributed by atoms with Gasteiger partial charge in [-0.3, -0.25) is 10.1 Å². The number of hydrogen-bond acceptors (Lipinski definition) is 9. The normalized spacial score (nSPS) is 12.8. The van der Waals surface area contributed by atoms with Crippen LogP contribution in [0, 0.1) is 15.9 Å². The molecule has 1 N–H and O–H groups in total. The van der Waals surface area contributed by atoms with Gasteiger partial charge in [-0.1, -0.05) is 35.6 Å². The van der Waals surface area contributed by atoms with Gasteiger partial charge in [0.15, 0.2) is 0 Å². The Kier molecular flexibility index (Phi) is 10.2. The third-order valence-corrected chi connectivity index (χ3v) is 6.71. The van der Waals surface area contributed by atoms with Crippen molar-refractivity contribution in [2.45, 2.75) is 78.1 Å². The molecule has 238 valence electrons. The number of anilines is 1. The number of halogens is 3. The maximum Gasteiger partial charge on any atom is 0.416 e. The summed E-state index contributed by atoms with van der Waals surface area (Å²) in [7, 11) is 0. The highest BCUT2D eigenvalue weighted by molar-refractivity contribution is 7.18. The van der Waals surface area contributed by atoms with E-state index in [4.69, 9.17) is 9.47 Å². The van der Waals surface area contributed by atoms with Gasteiger partial charge < -0.3 is 14.8 Å². The Balaban J connectivity index is 1.98. The van der Waals surface area contributed by atoms with Gasteiger partial charge >= 0.3 is 17.9 Å². The van der Waals surface area contributed by atoms with Crippen molar-refractivity contribution in [1.29, 1.82) is 0 Å². The molecule has 0 saturated carbocycles. The summed E-state index contributed by atoms with van der Waals surface area (Å²) in [5, 5.41) is 22.0. The van der Waals surface area contributed by atoms with Crippen LogP contribution in [0.5, 0.6) is 0 Å². The van der Waals surface area contributed by atoms with Gasteiger partial charge in [0.05, 0.1) is 17.5 Å². The third kappa shape index (κ3) is 9.89. The zero-order chi connectivity index (χ0) is 33.0. The second kappa shape index (κ2) is 13.2. The van der Waals surface area contributed by atoms with Crippen LogP contribution in [0.15, 0.2) is 42.5 Å². The Morgan fingerprint density at radius 3 is 2.14 bits per heavy atom. The molecule has 0 aliphatic heterocycles. The summed E-state index contributed by atoms with van der Waals surface area (Å²) in [5.74, 6) is -4.11. The first-order valence-electron chi connectivity index (χ1n) is 13.5. The number of benzene rings is 2. The van der Waals surface area contributed by atoms with Crippen LogP contribution >= 0.6 is 11.3 Å². The topological polar surface area (TPSA) is 137 Å². The molecule has 11 nitrogen and oxygen atoms in total. The first-order valence-corrected chi connectivity index (χ1v) is 14.3. The molecule has 0 saturated heterocycles. The number of nitrogens with zero attached hydrogens (tertiary/aromatic N) is 4. The molecule has 0 aliphatic carbocycles. The number of carbonyl (C=O) groups is 2. The maximum absolute atomic E-state index is 14.3. The number of hydrogen-bond donors (Lipinski definition) is 1. The van der Waals surface area contributed by atoms with E-state index in [2.05, 4.69) is 15.5 Å². The molecule has 3 aromatic rings. The van der Waals surface area contributed by atoms with Crippen LogP contribution in [0.3, 0.4) is 0 Å². The number of carbonyl (C=O) groups excluding carboxylic acids is 2. The molecular formula is C29H34F3N5O6S. The highest BCUT2D eigenvalue weighted by atomic mass is 32.1. The Bertz CT molecular complexity index is 1500. The van der Waals surface area contributed by atoms with Crippen molar-refractivity contribution in [3.63, 3.8) is 0 Å². The standard InChI is InChI=1S/C29H34F3N5O6S/c1-27(2,3)42-25(38)33-20(14-17-8-11-19(12-9-17)29(7,31)32)16-36(26(39)43-28(4,5)6)24-35-34-23(44-24)18-10-13-22(37(40)41)21(30)15-18/h8-13,15,20H,14,16H2,1-7H3,(H,33,38)/t20-/m0/s1. The molecule has 0 aliphatic rings. The van der Waals surface area contributed by atoms with Gasteiger partial charge in [0.2, 0.25) is 10.9 Å². The first kappa shape index (κ1) is 34.2. The van der Waals surface area contributed by atoms with Gasteiger partial charge in [-0.15, -0.1) is 10.2 Å². The van der Waals surface area contributed by atoms with E-state index >= 15 is 0 Å². The van der Waals surface area contributed by atoms with Crippen molar-refractivity contribution in [2.24, 2.45) is 0 Å². The summed E-state index contributed by atoms with van der Waals surface area (Å²) in [5.41, 5.74) is -1.86. The molecule has 2 aromatic carbocycles. The molecule has 0 fully saturated rings. The van der Waals surface area contributed by atoms with E-state index in [9.17, 15) is 32.9 Å². The zero-order valence-electron chi connectivity index (χ0n) is 25.3. The van der Waals surface area contributed by atoms with Gasteiger partial charge in [-0.05, 0) is 65.7 Å². The van der Waals surface area contributed by atoms with Crippen molar-refractivity contribution in [2.75, 3.05) is 11.4 Å². The van der Waals surface area contributed by atoms with Crippen LogP contribution in [0.1, 0.15) is 59.6 Å².